The molecule has 72 heavy (non-hydrogen) atoms. The lowest BCUT2D eigenvalue weighted by atomic mass is 10.0. The predicted molar refractivity (Wildman–Crippen MR) is 264 cm³/mol. The van der Waals surface area contributed by atoms with Crippen LogP contribution in [0, 0.1) is 0 Å². The van der Waals surface area contributed by atoms with E-state index in [4.69, 9.17) is 33.5 Å². The molecule has 410 valence electrons. The first-order valence-electron chi connectivity index (χ1n) is 25.4. The number of phenols is 1. The van der Waals surface area contributed by atoms with Gasteiger partial charge in [0.15, 0.2) is 0 Å². The van der Waals surface area contributed by atoms with Crippen molar-refractivity contribution in [3.05, 3.63) is 29.8 Å². The van der Waals surface area contributed by atoms with Crippen molar-refractivity contribution in [1.29, 1.82) is 0 Å². The molecule has 0 saturated heterocycles. The Balaban J connectivity index is 1.89. The number of hydrogen-bond donors (Lipinski definition) is 8. The smallest absolute Gasteiger partial charge is 0.326 e. The number of benzene rings is 1. The number of aliphatic carboxylic acids is 2. The minimum absolute atomic E-state index is 0.0395. The zero-order chi connectivity index (χ0) is 52.7. The molecule has 0 aliphatic carbocycles. The standard InChI is InChI=1S/C50H83N5O17/c56-36-41(35-40-17-19-42(57)20-18-40)54-48(62)39-72-34-31-69-28-25-53-47(61)38-71-33-30-68-27-24-52-46(60)37-70-32-29-67-26-23-51-44(58)22-21-43(50(65)66)55-45(59)15-13-11-9-7-5-3-1-2-4-6-8-10-12-14-16-49(63)64/h17-20,36,41,43,57H,1-16,21-35,37-39H2,(H,51,58)(H,52,60)(H,53,61)(H,54,62)(H,55,59)(H,63,64)(H,65,66)/t41?,43-/m0/s1. The van der Waals surface area contributed by atoms with Crippen LogP contribution in [-0.2, 0) is 73.2 Å². The number of carbonyl (C=O) groups excluding carboxylic acids is 6. The first-order valence-corrected chi connectivity index (χ1v) is 25.4. The quantitative estimate of drug-likeness (QED) is 0.0344. The largest absolute Gasteiger partial charge is 0.508 e. The zero-order valence-electron chi connectivity index (χ0n) is 42.1. The Morgan fingerprint density at radius 3 is 1.29 bits per heavy atom. The van der Waals surface area contributed by atoms with Gasteiger partial charge in [0.2, 0.25) is 29.5 Å². The van der Waals surface area contributed by atoms with E-state index in [2.05, 4.69) is 26.6 Å². The van der Waals surface area contributed by atoms with Gasteiger partial charge in [-0.25, -0.2) is 4.79 Å². The van der Waals surface area contributed by atoms with Gasteiger partial charge in [-0.15, -0.1) is 0 Å². The lowest BCUT2D eigenvalue weighted by molar-refractivity contribution is -0.142. The van der Waals surface area contributed by atoms with E-state index in [1.165, 1.54) is 50.7 Å². The molecule has 22 heteroatoms. The van der Waals surface area contributed by atoms with Gasteiger partial charge in [-0.3, -0.25) is 28.8 Å². The van der Waals surface area contributed by atoms with Gasteiger partial charge in [0, 0.05) is 38.9 Å². The molecule has 0 heterocycles. The summed E-state index contributed by atoms with van der Waals surface area (Å²) in [5.41, 5.74) is 0.781. The van der Waals surface area contributed by atoms with E-state index >= 15 is 0 Å². The summed E-state index contributed by atoms with van der Waals surface area (Å²) < 4.78 is 32.0. The van der Waals surface area contributed by atoms with Crippen molar-refractivity contribution in [1.82, 2.24) is 26.6 Å². The summed E-state index contributed by atoms with van der Waals surface area (Å²) in [6.45, 7) is 1.72. The summed E-state index contributed by atoms with van der Waals surface area (Å²) in [7, 11) is 0. The summed E-state index contributed by atoms with van der Waals surface area (Å²) in [6.07, 6.45) is 16.3. The van der Waals surface area contributed by atoms with E-state index in [0.29, 0.717) is 12.7 Å². The first kappa shape index (κ1) is 64.8. The monoisotopic (exact) mass is 1030 g/mol. The topological polar surface area (TPSA) is 313 Å². The Kier molecular flexibility index (Phi) is 41.0. The normalized spacial score (nSPS) is 11.8. The number of hydrogen-bond acceptors (Lipinski definition) is 15. The fourth-order valence-corrected chi connectivity index (χ4v) is 6.88. The maximum absolute atomic E-state index is 12.3. The highest BCUT2D eigenvalue weighted by atomic mass is 16.5. The summed E-state index contributed by atoms with van der Waals surface area (Å²) in [5, 5.41) is 40.6. The molecule has 2 atom stereocenters. The number of rotatable bonds is 50. The van der Waals surface area contributed by atoms with E-state index in [1.54, 1.807) is 12.1 Å². The maximum atomic E-state index is 12.3. The van der Waals surface area contributed by atoms with Crippen molar-refractivity contribution in [3.8, 4) is 5.75 Å². The van der Waals surface area contributed by atoms with E-state index < -0.39 is 29.9 Å². The van der Waals surface area contributed by atoms with Gasteiger partial charge >= 0.3 is 11.9 Å². The Morgan fingerprint density at radius 1 is 0.458 bits per heavy atom. The third-order valence-corrected chi connectivity index (χ3v) is 10.8. The van der Waals surface area contributed by atoms with E-state index in [9.17, 15) is 48.6 Å². The SMILES string of the molecule is O=CC(Cc1ccc(O)cc1)NC(=O)COCCOCCNC(=O)COCCOCCNC(=O)COCCOCCNC(=O)CC[C@H](NC(=O)CCCCCCCCCCCCCCCCC(=O)O)C(=O)O. The van der Waals surface area contributed by atoms with Crippen molar-refractivity contribution in [2.75, 3.05) is 98.9 Å². The predicted octanol–water partition coefficient (Wildman–Crippen LogP) is 2.74. The molecule has 1 aromatic rings. The molecule has 0 fully saturated rings. The van der Waals surface area contributed by atoms with E-state index in [-0.39, 0.29) is 160 Å². The van der Waals surface area contributed by atoms with Gasteiger partial charge < -0.3 is 75.1 Å². The molecule has 0 bridgehead atoms. The van der Waals surface area contributed by atoms with Crippen LogP contribution >= 0.6 is 0 Å². The average molecular weight is 1030 g/mol. The Bertz CT molecular complexity index is 1640. The molecule has 1 rings (SSSR count). The second kappa shape index (κ2) is 45.6. The number of unbranched alkanes of at least 4 members (excludes halogenated alkanes) is 13. The van der Waals surface area contributed by atoms with Crippen molar-refractivity contribution < 1.29 is 82.1 Å². The molecular formula is C50H83N5O17. The molecular weight excluding hydrogens is 943 g/mol. The number of amides is 5. The van der Waals surface area contributed by atoms with E-state index in [0.717, 1.165) is 50.5 Å². The van der Waals surface area contributed by atoms with Crippen molar-refractivity contribution in [3.63, 3.8) is 0 Å². The highest BCUT2D eigenvalue weighted by Gasteiger charge is 2.21. The molecule has 1 aromatic carbocycles. The van der Waals surface area contributed by atoms with Crippen molar-refractivity contribution in [2.24, 2.45) is 0 Å². The number of carboxylic acids is 2. The number of aldehydes is 1. The fourth-order valence-electron chi connectivity index (χ4n) is 6.88. The molecule has 8 N–H and O–H groups in total. The van der Waals surface area contributed by atoms with Crippen LogP contribution < -0.4 is 26.6 Å². The number of nitrogens with one attached hydrogen (secondary N) is 5. The number of ether oxygens (including phenoxy) is 6. The number of carbonyl (C=O) groups is 8. The maximum Gasteiger partial charge on any atom is 0.326 e. The molecule has 0 aliphatic rings. The molecule has 0 aliphatic heterocycles. The lowest BCUT2D eigenvalue weighted by Gasteiger charge is -2.14. The molecule has 0 spiro atoms. The first-order chi connectivity index (χ1) is 34.9. The van der Waals surface area contributed by atoms with Gasteiger partial charge in [-0.1, -0.05) is 89.2 Å². The number of phenolic OH excluding ortho intramolecular Hbond substituents is 1. The van der Waals surface area contributed by atoms with Crippen molar-refractivity contribution >= 4 is 47.8 Å². The zero-order valence-corrected chi connectivity index (χ0v) is 42.1. The Morgan fingerprint density at radius 2 is 0.861 bits per heavy atom. The van der Waals surface area contributed by atoms with Crippen LogP contribution in [-0.4, -0.2) is 174 Å². The Labute approximate surface area is 424 Å². The molecule has 0 radical (unpaired) electrons. The molecule has 1 unspecified atom stereocenters. The summed E-state index contributed by atoms with van der Waals surface area (Å²) >= 11 is 0. The summed E-state index contributed by atoms with van der Waals surface area (Å²) in [6, 6.07) is 4.45. The van der Waals surface area contributed by atoms with Crippen LogP contribution in [0.4, 0.5) is 0 Å². The average Bonchev–Trinajstić information content (AvgIpc) is 3.35. The van der Waals surface area contributed by atoms with Crippen LogP contribution in [0.25, 0.3) is 0 Å². The third kappa shape index (κ3) is 41.4. The molecule has 5 amide bonds. The lowest BCUT2D eigenvalue weighted by Crippen LogP contribution is -2.41. The van der Waals surface area contributed by atoms with Crippen LogP contribution in [0.2, 0.25) is 0 Å². The number of carboxylic acid groups (broad SMARTS) is 2. The fraction of sp³-hybridized carbons (Fsp3) is 0.720. The molecule has 0 saturated carbocycles. The molecule has 22 nitrogen and oxygen atoms in total. The highest BCUT2D eigenvalue weighted by molar-refractivity contribution is 5.84. The van der Waals surface area contributed by atoms with Crippen LogP contribution in [0.1, 0.15) is 121 Å². The highest BCUT2D eigenvalue weighted by Crippen LogP contribution is 2.14. The van der Waals surface area contributed by atoms with Crippen LogP contribution in [0.15, 0.2) is 24.3 Å². The minimum Gasteiger partial charge on any atom is -0.508 e. The van der Waals surface area contributed by atoms with Gasteiger partial charge in [0.1, 0.15) is 37.9 Å². The third-order valence-electron chi connectivity index (χ3n) is 10.8. The summed E-state index contributed by atoms with van der Waals surface area (Å²) in [4.78, 5) is 94.1. The second-order valence-corrected chi connectivity index (χ2v) is 17.1. The second-order valence-electron chi connectivity index (χ2n) is 17.1. The van der Waals surface area contributed by atoms with Gasteiger partial charge in [0.05, 0.1) is 65.5 Å². The van der Waals surface area contributed by atoms with Crippen LogP contribution in [0.5, 0.6) is 5.75 Å². The minimum atomic E-state index is -1.19. The van der Waals surface area contributed by atoms with Gasteiger partial charge in [-0.2, -0.15) is 0 Å². The van der Waals surface area contributed by atoms with E-state index in [1.807, 2.05) is 0 Å². The van der Waals surface area contributed by atoms with Crippen LogP contribution in [0.3, 0.4) is 0 Å². The van der Waals surface area contributed by atoms with Crippen molar-refractivity contribution in [2.45, 2.75) is 134 Å². The number of aromatic hydroxyl groups is 1. The van der Waals surface area contributed by atoms with Gasteiger partial charge in [-0.05, 0) is 43.4 Å². The Hall–Kier alpha value is -5.26. The molecule has 0 aromatic heterocycles. The van der Waals surface area contributed by atoms with Gasteiger partial charge in [0.25, 0.3) is 0 Å². The summed E-state index contributed by atoms with van der Waals surface area (Å²) in [5.74, 6) is -3.65.